The number of nitrogens with one attached hydrogen (secondary N) is 1. The molecule has 0 aliphatic rings. The summed E-state index contributed by atoms with van der Waals surface area (Å²) < 4.78 is 43.6. The van der Waals surface area contributed by atoms with E-state index in [1.165, 1.54) is 24.4 Å². The SMILES string of the molecule is CC(C)Oc1ccc(/C=N\NC(=O)CN(c2cccc(F)c2)S(C)(=O)=O)cc1. The smallest absolute Gasteiger partial charge is 0.260 e. The van der Waals surface area contributed by atoms with Gasteiger partial charge in [0.15, 0.2) is 0 Å². The minimum atomic E-state index is -3.78. The number of amides is 1. The van der Waals surface area contributed by atoms with Crippen LogP contribution in [0.1, 0.15) is 19.4 Å². The number of rotatable bonds is 8. The molecular weight excluding hydrogens is 385 g/mol. The van der Waals surface area contributed by atoms with E-state index in [2.05, 4.69) is 10.5 Å². The molecule has 0 spiro atoms. The Labute approximate surface area is 163 Å². The van der Waals surface area contributed by atoms with Crippen LogP contribution < -0.4 is 14.5 Å². The van der Waals surface area contributed by atoms with Gasteiger partial charge >= 0.3 is 0 Å². The third kappa shape index (κ3) is 6.66. The summed E-state index contributed by atoms with van der Waals surface area (Å²) in [5.74, 6) is -0.546. The predicted molar refractivity (Wildman–Crippen MR) is 107 cm³/mol. The fourth-order valence-corrected chi connectivity index (χ4v) is 3.13. The zero-order chi connectivity index (χ0) is 20.7. The minimum absolute atomic E-state index is 0.0578. The second kappa shape index (κ2) is 9.32. The molecular formula is C19H22FN3O4S. The van der Waals surface area contributed by atoms with E-state index in [-0.39, 0.29) is 11.8 Å². The van der Waals surface area contributed by atoms with Crippen LogP contribution in [-0.2, 0) is 14.8 Å². The highest BCUT2D eigenvalue weighted by Gasteiger charge is 2.21. The Kier molecular flexibility index (Phi) is 7.11. The van der Waals surface area contributed by atoms with Crippen LogP contribution in [0.5, 0.6) is 5.75 Å². The van der Waals surface area contributed by atoms with Crippen molar-refractivity contribution in [2.24, 2.45) is 5.10 Å². The Bertz CT molecular complexity index is 944. The normalized spacial score (nSPS) is 11.6. The second-order valence-corrected chi connectivity index (χ2v) is 8.19. The Morgan fingerprint density at radius 1 is 1.25 bits per heavy atom. The van der Waals surface area contributed by atoms with Gasteiger partial charge in [-0.1, -0.05) is 6.07 Å². The van der Waals surface area contributed by atoms with Crippen LogP contribution in [0.4, 0.5) is 10.1 Å². The molecule has 28 heavy (non-hydrogen) atoms. The summed E-state index contributed by atoms with van der Waals surface area (Å²) in [6, 6.07) is 12.1. The van der Waals surface area contributed by atoms with Gasteiger partial charge in [-0.05, 0) is 61.9 Å². The monoisotopic (exact) mass is 407 g/mol. The molecule has 0 saturated heterocycles. The van der Waals surface area contributed by atoms with Crippen LogP contribution in [0.25, 0.3) is 0 Å². The molecule has 9 heteroatoms. The molecule has 0 radical (unpaired) electrons. The maximum absolute atomic E-state index is 13.4. The summed E-state index contributed by atoms with van der Waals surface area (Å²) in [4.78, 5) is 12.1. The van der Waals surface area contributed by atoms with Crippen LogP contribution >= 0.6 is 0 Å². The molecule has 0 fully saturated rings. The van der Waals surface area contributed by atoms with Gasteiger partial charge in [0, 0.05) is 0 Å². The number of hydrazone groups is 1. The summed E-state index contributed by atoms with van der Waals surface area (Å²) in [5.41, 5.74) is 3.05. The van der Waals surface area contributed by atoms with Crippen molar-refractivity contribution in [3.05, 3.63) is 59.9 Å². The molecule has 1 N–H and O–H groups in total. The Morgan fingerprint density at radius 3 is 2.50 bits per heavy atom. The lowest BCUT2D eigenvalue weighted by Crippen LogP contribution is -2.39. The number of carbonyl (C=O) groups is 1. The maximum Gasteiger partial charge on any atom is 0.260 e. The van der Waals surface area contributed by atoms with E-state index in [9.17, 15) is 17.6 Å². The number of ether oxygens (including phenoxy) is 1. The summed E-state index contributed by atoms with van der Waals surface area (Å²) >= 11 is 0. The highest BCUT2D eigenvalue weighted by atomic mass is 32.2. The number of benzene rings is 2. The molecule has 2 aromatic rings. The lowest BCUT2D eigenvalue weighted by atomic mass is 10.2. The summed E-state index contributed by atoms with van der Waals surface area (Å²) in [5, 5.41) is 3.82. The molecule has 0 atom stereocenters. The van der Waals surface area contributed by atoms with Crippen molar-refractivity contribution in [2.75, 3.05) is 17.1 Å². The summed E-state index contributed by atoms with van der Waals surface area (Å²) in [7, 11) is -3.78. The van der Waals surface area contributed by atoms with Gasteiger partial charge in [-0.15, -0.1) is 0 Å². The first-order chi connectivity index (χ1) is 13.1. The number of hydrogen-bond donors (Lipinski definition) is 1. The van der Waals surface area contributed by atoms with E-state index in [0.29, 0.717) is 0 Å². The van der Waals surface area contributed by atoms with Crippen LogP contribution in [0.3, 0.4) is 0 Å². The maximum atomic E-state index is 13.4. The van der Waals surface area contributed by atoms with Crippen molar-refractivity contribution < 1.29 is 22.3 Å². The van der Waals surface area contributed by atoms with E-state index >= 15 is 0 Å². The van der Waals surface area contributed by atoms with Crippen molar-refractivity contribution in [3.63, 3.8) is 0 Å². The molecule has 2 rings (SSSR count). The first kappa shape index (κ1) is 21.4. The molecule has 0 aromatic heterocycles. The van der Waals surface area contributed by atoms with Gasteiger partial charge in [-0.2, -0.15) is 5.10 Å². The average Bonchev–Trinajstić information content (AvgIpc) is 2.60. The Morgan fingerprint density at radius 2 is 1.93 bits per heavy atom. The lowest BCUT2D eigenvalue weighted by molar-refractivity contribution is -0.119. The number of hydrogen-bond acceptors (Lipinski definition) is 5. The van der Waals surface area contributed by atoms with E-state index in [1.54, 1.807) is 24.3 Å². The largest absolute Gasteiger partial charge is 0.491 e. The highest BCUT2D eigenvalue weighted by Crippen LogP contribution is 2.18. The topological polar surface area (TPSA) is 88.1 Å². The molecule has 7 nitrogen and oxygen atoms in total. The Hall–Kier alpha value is -2.94. The summed E-state index contributed by atoms with van der Waals surface area (Å²) in [6.07, 6.45) is 2.42. The molecule has 0 heterocycles. The van der Waals surface area contributed by atoms with Gasteiger partial charge in [0.2, 0.25) is 10.0 Å². The first-order valence-electron chi connectivity index (χ1n) is 8.47. The number of nitrogens with zero attached hydrogens (tertiary/aromatic N) is 2. The number of anilines is 1. The van der Waals surface area contributed by atoms with Crippen molar-refractivity contribution >= 4 is 27.8 Å². The molecule has 0 aliphatic heterocycles. The van der Waals surface area contributed by atoms with E-state index in [4.69, 9.17) is 4.74 Å². The van der Waals surface area contributed by atoms with Gasteiger partial charge in [-0.25, -0.2) is 18.2 Å². The number of halogens is 1. The molecule has 1 amide bonds. The molecule has 0 aliphatic carbocycles. The molecule has 2 aromatic carbocycles. The van der Waals surface area contributed by atoms with Gasteiger partial charge in [0.1, 0.15) is 18.1 Å². The highest BCUT2D eigenvalue weighted by molar-refractivity contribution is 7.92. The molecule has 0 bridgehead atoms. The van der Waals surface area contributed by atoms with Crippen molar-refractivity contribution in [1.29, 1.82) is 0 Å². The van der Waals surface area contributed by atoms with Crippen molar-refractivity contribution in [2.45, 2.75) is 20.0 Å². The van der Waals surface area contributed by atoms with Crippen LogP contribution in [0.15, 0.2) is 53.6 Å². The number of carbonyl (C=O) groups excluding carboxylic acids is 1. The van der Waals surface area contributed by atoms with Crippen LogP contribution in [0, 0.1) is 5.82 Å². The van der Waals surface area contributed by atoms with E-state index < -0.39 is 28.3 Å². The van der Waals surface area contributed by atoms with Crippen molar-refractivity contribution in [1.82, 2.24) is 5.43 Å². The molecule has 0 unspecified atom stereocenters. The van der Waals surface area contributed by atoms with Gasteiger partial charge in [0.25, 0.3) is 5.91 Å². The van der Waals surface area contributed by atoms with Crippen LogP contribution in [-0.4, -0.2) is 39.4 Å². The summed E-state index contributed by atoms with van der Waals surface area (Å²) in [6.45, 7) is 3.32. The van der Waals surface area contributed by atoms with Gasteiger partial charge in [0.05, 0.1) is 24.3 Å². The third-order valence-electron chi connectivity index (χ3n) is 3.44. The third-order valence-corrected chi connectivity index (χ3v) is 4.58. The minimum Gasteiger partial charge on any atom is -0.491 e. The predicted octanol–water partition coefficient (Wildman–Crippen LogP) is 2.53. The standard InChI is InChI=1S/C19H22FN3O4S/c1-14(2)27-18-9-7-15(8-10-18)12-21-22-19(24)13-23(28(3,25)26)17-6-4-5-16(20)11-17/h4-12,14H,13H2,1-3H3,(H,22,24)/b21-12-. The fourth-order valence-electron chi connectivity index (χ4n) is 2.28. The Balaban J connectivity index is 2.00. The van der Waals surface area contributed by atoms with E-state index in [0.717, 1.165) is 27.9 Å². The first-order valence-corrected chi connectivity index (χ1v) is 10.3. The zero-order valence-corrected chi connectivity index (χ0v) is 16.6. The molecule has 0 saturated carbocycles. The average molecular weight is 407 g/mol. The molecule has 150 valence electrons. The lowest BCUT2D eigenvalue weighted by Gasteiger charge is -2.21. The van der Waals surface area contributed by atoms with Gasteiger partial charge < -0.3 is 4.74 Å². The van der Waals surface area contributed by atoms with Crippen molar-refractivity contribution in [3.8, 4) is 5.75 Å². The van der Waals surface area contributed by atoms with Gasteiger partial charge in [-0.3, -0.25) is 9.10 Å². The number of sulfonamides is 1. The fraction of sp³-hybridized carbons (Fsp3) is 0.263. The van der Waals surface area contributed by atoms with E-state index in [1.807, 2.05) is 13.8 Å². The van der Waals surface area contributed by atoms with Crippen LogP contribution in [0.2, 0.25) is 0 Å². The zero-order valence-electron chi connectivity index (χ0n) is 15.8. The second-order valence-electron chi connectivity index (χ2n) is 6.28. The quantitative estimate of drug-likeness (QED) is 0.538.